The van der Waals surface area contributed by atoms with Crippen LogP contribution in [0.2, 0.25) is 15.5 Å². The predicted molar refractivity (Wildman–Crippen MR) is 86.1 cm³/mol. The molecule has 0 aliphatic rings. The summed E-state index contributed by atoms with van der Waals surface area (Å²) in [6.45, 7) is 0. The normalized spacial score (nSPS) is 10.9. The molecule has 1 aromatic carbocycles. The van der Waals surface area contributed by atoms with Crippen LogP contribution in [0.25, 0.3) is 5.69 Å². The Morgan fingerprint density at radius 2 is 1.95 bits per heavy atom. The number of rotatable bonds is 3. The fourth-order valence-corrected chi connectivity index (χ4v) is 2.19. The molecule has 2 aromatic rings. The minimum absolute atomic E-state index is 0.0426. The van der Waals surface area contributed by atoms with Gasteiger partial charge in [-0.05, 0) is 48.1 Å². The molecule has 3 N–H and O–H groups in total. The second kappa shape index (κ2) is 6.41. The van der Waals surface area contributed by atoms with Crippen LogP contribution >= 0.6 is 47.0 Å². The molecule has 1 aromatic heterocycles. The minimum atomic E-state index is 0.0426. The van der Waals surface area contributed by atoms with E-state index >= 15 is 0 Å². The number of halogens is 3. The van der Waals surface area contributed by atoms with Crippen LogP contribution in [0.15, 0.2) is 29.4 Å². The number of nitrogens with one attached hydrogen (secondary N) is 1. The van der Waals surface area contributed by atoms with E-state index in [9.17, 15) is 0 Å². The molecule has 0 bridgehead atoms. The molecule has 0 saturated heterocycles. The van der Waals surface area contributed by atoms with Crippen molar-refractivity contribution in [2.75, 3.05) is 0 Å². The average molecular weight is 349 g/mol. The van der Waals surface area contributed by atoms with E-state index in [1.807, 2.05) is 0 Å². The Bertz CT molecular complexity index is 665. The first-order valence-corrected chi connectivity index (χ1v) is 6.81. The van der Waals surface area contributed by atoms with E-state index in [2.05, 4.69) is 27.7 Å². The van der Waals surface area contributed by atoms with E-state index in [0.29, 0.717) is 10.7 Å². The SMILES string of the molecule is NC(=S)N/N=C/c1c(Cl)nc(Cl)n1-c1ccc(Cl)cc1. The molecule has 0 amide bonds. The van der Waals surface area contributed by atoms with Crippen molar-refractivity contribution in [3.05, 3.63) is 45.4 Å². The molecule has 0 saturated carbocycles. The van der Waals surface area contributed by atoms with Crippen LogP contribution in [-0.2, 0) is 0 Å². The molecular formula is C11H8Cl3N5S. The average Bonchev–Trinajstić information content (AvgIpc) is 2.65. The van der Waals surface area contributed by atoms with E-state index in [0.717, 1.165) is 5.69 Å². The fraction of sp³-hybridized carbons (Fsp3) is 0. The van der Waals surface area contributed by atoms with Crippen LogP contribution in [-0.4, -0.2) is 20.9 Å². The van der Waals surface area contributed by atoms with Gasteiger partial charge in [-0.2, -0.15) is 5.10 Å². The van der Waals surface area contributed by atoms with Crippen molar-refractivity contribution >= 4 is 58.3 Å². The highest BCUT2D eigenvalue weighted by atomic mass is 35.5. The highest BCUT2D eigenvalue weighted by molar-refractivity contribution is 7.80. The molecule has 1 heterocycles. The van der Waals surface area contributed by atoms with E-state index in [1.165, 1.54) is 6.21 Å². The maximum atomic E-state index is 6.07. The first-order valence-electron chi connectivity index (χ1n) is 5.27. The van der Waals surface area contributed by atoms with Gasteiger partial charge in [0.05, 0.1) is 6.21 Å². The van der Waals surface area contributed by atoms with Crippen molar-refractivity contribution in [1.29, 1.82) is 0 Å². The van der Waals surface area contributed by atoms with Gasteiger partial charge in [0.1, 0.15) is 5.69 Å². The lowest BCUT2D eigenvalue weighted by Gasteiger charge is -2.06. The van der Waals surface area contributed by atoms with E-state index in [1.54, 1.807) is 28.8 Å². The molecule has 104 valence electrons. The highest BCUT2D eigenvalue weighted by Crippen LogP contribution is 2.25. The standard InChI is InChI=1S/C11H8Cl3N5S/c12-6-1-3-7(4-2-6)19-8(5-16-18-11(15)20)9(13)17-10(19)14/h1-5H,(H3,15,18,20)/b16-5+. The molecule has 9 heteroatoms. The van der Waals surface area contributed by atoms with Crippen molar-refractivity contribution in [2.45, 2.75) is 0 Å². The van der Waals surface area contributed by atoms with Crippen LogP contribution in [0, 0.1) is 0 Å². The summed E-state index contributed by atoms with van der Waals surface area (Å²) in [5.74, 6) is 0. The number of nitrogens with zero attached hydrogens (tertiary/aromatic N) is 3. The zero-order valence-corrected chi connectivity index (χ0v) is 12.9. The van der Waals surface area contributed by atoms with Gasteiger partial charge < -0.3 is 5.73 Å². The van der Waals surface area contributed by atoms with Crippen LogP contribution in [0.3, 0.4) is 0 Å². The van der Waals surface area contributed by atoms with Gasteiger partial charge >= 0.3 is 0 Å². The van der Waals surface area contributed by atoms with Gasteiger partial charge in [0.25, 0.3) is 0 Å². The van der Waals surface area contributed by atoms with Gasteiger partial charge in [-0.3, -0.25) is 9.99 Å². The lowest BCUT2D eigenvalue weighted by Crippen LogP contribution is -2.24. The van der Waals surface area contributed by atoms with Gasteiger partial charge in [0, 0.05) is 10.7 Å². The van der Waals surface area contributed by atoms with Crippen molar-refractivity contribution in [2.24, 2.45) is 10.8 Å². The smallest absolute Gasteiger partial charge is 0.209 e. The van der Waals surface area contributed by atoms with Crippen molar-refractivity contribution in [1.82, 2.24) is 15.0 Å². The Labute approximate surface area is 135 Å². The fourth-order valence-electron chi connectivity index (χ4n) is 1.48. The number of nitrogens with two attached hydrogens (primary N) is 1. The molecule has 0 radical (unpaired) electrons. The van der Waals surface area contributed by atoms with E-state index in [-0.39, 0.29) is 15.5 Å². The number of aromatic nitrogens is 2. The Hall–Kier alpha value is -1.34. The molecule has 0 fully saturated rings. The number of hydrogen-bond acceptors (Lipinski definition) is 3. The maximum absolute atomic E-state index is 6.07. The summed E-state index contributed by atoms with van der Waals surface area (Å²) in [6, 6.07) is 7.03. The molecule has 0 spiro atoms. The zero-order chi connectivity index (χ0) is 14.7. The number of hydrogen-bond donors (Lipinski definition) is 2. The summed E-state index contributed by atoms with van der Waals surface area (Å²) >= 11 is 22.6. The van der Waals surface area contributed by atoms with Gasteiger partial charge in [0.2, 0.25) is 5.28 Å². The molecule has 0 unspecified atom stereocenters. The largest absolute Gasteiger partial charge is 0.375 e. The topological polar surface area (TPSA) is 68.2 Å². The first kappa shape index (κ1) is 15.1. The van der Waals surface area contributed by atoms with Gasteiger partial charge in [-0.25, -0.2) is 4.98 Å². The third kappa shape index (κ3) is 3.40. The van der Waals surface area contributed by atoms with E-state index < -0.39 is 0 Å². The Morgan fingerprint density at radius 3 is 2.55 bits per heavy atom. The Balaban J connectivity index is 2.44. The molecule has 5 nitrogen and oxygen atoms in total. The minimum Gasteiger partial charge on any atom is -0.375 e. The third-order valence-corrected chi connectivity index (χ3v) is 3.15. The van der Waals surface area contributed by atoms with Crippen LogP contribution in [0.4, 0.5) is 0 Å². The maximum Gasteiger partial charge on any atom is 0.209 e. The predicted octanol–water partition coefficient (Wildman–Crippen LogP) is 3.00. The summed E-state index contributed by atoms with van der Waals surface area (Å²) in [5, 5.41) is 4.91. The van der Waals surface area contributed by atoms with Gasteiger partial charge in [-0.15, -0.1) is 0 Å². The number of benzene rings is 1. The highest BCUT2D eigenvalue weighted by Gasteiger charge is 2.14. The summed E-state index contributed by atoms with van der Waals surface area (Å²) in [4.78, 5) is 3.99. The molecule has 0 aliphatic heterocycles. The number of thiocarbonyl (C=S) groups is 1. The number of hydrazone groups is 1. The lowest BCUT2D eigenvalue weighted by atomic mass is 10.3. The molecule has 20 heavy (non-hydrogen) atoms. The van der Waals surface area contributed by atoms with Gasteiger partial charge in [0.15, 0.2) is 10.3 Å². The second-order valence-corrected chi connectivity index (χ2v) is 5.18. The zero-order valence-electron chi connectivity index (χ0n) is 9.85. The summed E-state index contributed by atoms with van der Waals surface area (Å²) < 4.78 is 1.62. The van der Waals surface area contributed by atoms with Crippen molar-refractivity contribution in [3.8, 4) is 5.69 Å². The van der Waals surface area contributed by atoms with Gasteiger partial charge in [-0.1, -0.05) is 23.2 Å². The summed E-state index contributed by atoms with van der Waals surface area (Å²) in [5.41, 5.74) is 8.94. The second-order valence-electron chi connectivity index (χ2n) is 3.60. The van der Waals surface area contributed by atoms with Crippen LogP contribution in [0.1, 0.15) is 5.69 Å². The van der Waals surface area contributed by atoms with Crippen molar-refractivity contribution in [3.63, 3.8) is 0 Å². The lowest BCUT2D eigenvalue weighted by molar-refractivity contribution is 1.02. The third-order valence-electron chi connectivity index (χ3n) is 2.27. The summed E-state index contributed by atoms with van der Waals surface area (Å²) in [6.07, 6.45) is 1.43. The number of imidazole rings is 1. The van der Waals surface area contributed by atoms with Crippen molar-refractivity contribution < 1.29 is 0 Å². The Morgan fingerprint density at radius 1 is 1.30 bits per heavy atom. The Kier molecular flexibility index (Phi) is 4.82. The molecule has 2 rings (SSSR count). The quantitative estimate of drug-likeness (QED) is 0.508. The molecular weight excluding hydrogens is 341 g/mol. The molecule has 0 atom stereocenters. The van der Waals surface area contributed by atoms with E-state index in [4.69, 9.17) is 40.5 Å². The summed E-state index contributed by atoms with van der Waals surface area (Å²) in [7, 11) is 0. The van der Waals surface area contributed by atoms with Crippen LogP contribution in [0.5, 0.6) is 0 Å². The monoisotopic (exact) mass is 347 g/mol. The van der Waals surface area contributed by atoms with Crippen LogP contribution < -0.4 is 11.2 Å². The molecule has 0 aliphatic carbocycles. The first-order chi connectivity index (χ1) is 9.49.